The van der Waals surface area contributed by atoms with Crippen molar-refractivity contribution in [1.29, 1.82) is 5.26 Å². The van der Waals surface area contributed by atoms with Gasteiger partial charge in [0.2, 0.25) is 5.91 Å². The SMILES string of the molecule is N#CC1(NC(=O)COC(=O)CCC(=O)N2CCC(c3ccccc3)=N2)CCCCC1. The third-order valence-corrected chi connectivity index (χ3v) is 5.40. The van der Waals surface area contributed by atoms with Gasteiger partial charge in [-0.2, -0.15) is 10.4 Å². The molecule has 2 amide bonds. The Morgan fingerprint density at radius 1 is 1.13 bits per heavy atom. The average Bonchev–Trinajstić information content (AvgIpc) is 3.28. The minimum atomic E-state index is -0.859. The summed E-state index contributed by atoms with van der Waals surface area (Å²) in [6, 6.07) is 11.8. The Bertz CT molecular complexity index is 854. The fourth-order valence-electron chi connectivity index (χ4n) is 3.75. The van der Waals surface area contributed by atoms with E-state index in [1.54, 1.807) is 0 Å². The normalized spacial score (nSPS) is 17.6. The Morgan fingerprint density at radius 3 is 2.57 bits per heavy atom. The van der Waals surface area contributed by atoms with Crippen LogP contribution in [0.4, 0.5) is 0 Å². The summed E-state index contributed by atoms with van der Waals surface area (Å²) in [6.07, 6.45) is 4.56. The second-order valence-corrected chi connectivity index (χ2v) is 7.64. The van der Waals surface area contributed by atoms with Crippen molar-refractivity contribution in [2.45, 2.75) is 56.9 Å². The standard InChI is InChI=1S/C22H26N4O4/c23-16-22(12-5-2-6-13-22)24-19(27)15-30-21(29)10-9-20(28)26-14-11-18(25-26)17-7-3-1-4-8-17/h1,3-4,7-8H,2,5-6,9-15H2,(H,24,27). The predicted octanol–water partition coefficient (Wildman–Crippen LogP) is 2.29. The van der Waals surface area contributed by atoms with E-state index >= 15 is 0 Å². The van der Waals surface area contributed by atoms with Crippen LogP contribution in [0, 0.1) is 11.3 Å². The molecule has 158 valence electrons. The van der Waals surface area contributed by atoms with Crippen LogP contribution in [-0.4, -0.2) is 47.2 Å². The maximum Gasteiger partial charge on any atom is 0.306 e. The van der Waals surface area contributed by atoms with Crippen LogP contribution in [0.3, 0.4) is 0 Å². The maximum atomic E-state index is 12.3. The van der Waals surface area contributed by atoms with Gasteiger partial charge in [-0.15, -0.1) is 0 Å². The molecule has 0 aromatic heterocycles. The Kier molecular flexibility index (Phi) is 7.17. The van der Waals surface area contributed by atoms with Gasteiger partial charge in [0.25, 0.3) is 5.91 Å². The van der Waals surface area contributed by atoms with Crippen molar-refractivity contribution in [3.63, 3.8) is 0 Å². The Hall–Kier alpha value is -3.21. The minimum Gasteiger partial charge on any atom is -0.456 e. The first-order chi connectivity index (χ1) is 14.5. The number of rotatable bonds is 7. The fraction of sp³-hybridized carbons (Fsp3) is 0.500. The summed E-state index contributed by atoms with van der Waals surface area (Å²) < 4.78 is 4.97. The molecule has 1 aliphatic carbocycles. The smallest absolute Gasteiger partial charge is 0.306 e. The van der Waals surface area contributed by atoms with Gasteiger partial charge >= 0.3 is 5.97 Å². The quantitative estimate of drug-likeness (QED) is 0.693. The monoisotopic (exact) mass is 410 g/mol. The summed E-state index contributed by atoms with van der Waals surface area (Å²) in [4.78, 5) is 36.3. The summed E-state index contributed by atoms with van der Waals surface area (Å²) in [5.74, 6) is -1.37. The topological polar surface area (TPSA) is 112 Å². The van der Waals surface area contributed by atoms with Gasteiger partial charge in [0, 0.05) is 12.8 Å². The number of nitrogens with zero attached hydrogens (tertiary/aromatic N) is 3. The average molecular weight is 410 g/mol. The van der Waals surface area contributed by atoms with E-state index in [-0.39, 0.29) is 18.7 Å². The molecule has 8 nitrogen and oxygen atoms in total. The fourth-order valence-corrected chi connectivity index (χ4v) is 3.75. The molecule has 1 aromatic carbocycles. The molecule has 1 aromatic rings. The number of ether oxygens (including phenoxy) is 1. The summed E-state index contributed by atoms with van der Waals surface area (Å²) in [5.41, 5.74) is 0.964. The molecule has 1 saturated carbocycles. The van der Waals surface area contributed by atoms with Gasteiger partial charge in [-0.25, -0.2) is 5.01 Å². The zero-order valence-electron chi connectivity index (χ0n) is 16.9. The number of carbonyl (C=O) groups is 3. The van der Waals surface area contributed by atoms with E-state index < -0.39 is 24.0 Å². The Labute approximate surface area is 175 Å². The van der Waals surface area contributed by atoms with E-state index in [9.17, 15) is 19.6 Å². The van der Waals surface area contributed by atoms with E-state index in [0.29, 0.717) is 25.8 Å². The number of nitrogens with one attached hydrogen (secondary N) is 1. The lowest BCUT2D eigenvalue weighted by molar-refractivity contribution is -0.150. The van der Waals surface area contributed by atoms with Crippen molar-refractivity contribution in [2.75, 3.05) is 13.2 Å². The van der Waals surface area contributed by atoms with Crippen molar-refractivity contribution in [3.05, 3.63) is 35.9 Å². The molecular weight excluding hydrogens is 384 g/mol. The molecule has 1 N–H and O–H groups in total. The molecule has 0 saturated heterocycles. The van der Waals surface area contributed by atoms with Crippen molar-refractivity contribution in [1.82, 2.24) is 10.3 Å². The number of nitriles is 1. The highest BCUT2D eigenvalue weighted by molar-refractivity contribution is 6.02. The lowest BCUT2D eigenvalue weighted by Gasteiger charge is -2.31. The highest BCUT2D eigenvalue weighted by atomic mass is 16.5. The molecular formula is C22H26N4O4. The second-order valence-electron chi connectivity index (χ2n) is 7.64. The van der Waals surface area contributed by atoms with Crippen molar-refractivity contribution < 1.29 is 19.1 Å². The van der Waals surface area contributed by atoms with E-state index in [0.717, 1.165) is 30.5 Å². The second kappa shape index (κ2) is 10.0. The van der Waals surface area contributed by atoms with E-state index in [1.807, 2.05) is 30.3 Å². The third-order valence-electron chi connectivity index (χ3n) is 5.40. The summed E-state index contributed by atoms with van der Waals surface area (Å²) in [6.45, 7) is 0.0350. The minimum absolute atomic E-state index is 0.0336. The first kappa shape index (κ1) is 21.5. The van der Waals surface area contributed by atoms with E-state index in [2.05, 4.69) is 16.5 Å². The predicted molar refractivity (Wildman–Crippen MR) is 109 cm³/mol. The molecule has 0 radical (unpaired) electrons. The van der Waals surface area contributed by atoms with Gasteiger partial charge in [0.15, 0.2) is 6.61 Å². The first-order valence-corrected chi connectivity index (χ1v) is 10.3. The Morgan fingerprint density at radius 2 is 1.87 bits per heavy atom. The number of hydrogen-bond acceptors (Lipinski definition) is 6. The number of carbonyl (C=O) groups excluding carboxylic acids is 3. The summed E-state index contributed by atoms with van der Waals surface area (Å²) >= 11 is 0. The zero-order chi connectivity index (χ0) is 21.4. The van der Waals surface area contributed by atoms with Crippen LogP contribution in [0.2, 0.25) is 0 Å². The van der Waals surface area contributed by atoms with Crippen LogP contribution in [0.5, 0.6) is 0 Å². The van der Waals surface area contributed by atoms with Gasteiger partial charge in [-0.1, -0.05) is 49.6 Å². The number of esters is 1. The zero-order valence-corrected chi connectivity index (χ0v) is 16.9. The highest BCUT2D eigenvalue weighted by Crippen LogP contribution is 2.27. The number of benzene rings is 1. The van der Waals surface area contributed by atoms with Crippen molar-refractivity contribution >= 4 is 23.5 Å². The Balaban J connectivity index is 1.39. The van der Waals surface area contributed by atoms with E-state index in [1.165, 1.54) is 5.01 Å². The van der Waals surface area contributed by atoms with Crippen LogP contribution in [-0.2, 0) is 19.1 Å². The van der Waals surface area contributed by atoms with Crippen LogP contribution in [0.25, 0.3) is 0 Å². The highest BCUT2D eigenvalue weighted by Gasteiger charge is 2.33. The molecule has 30 heavy (non-hydrogen) atoms. The lowest BCUT2D eigenvalue weighted by atomic mass is 9.83. The molecule has 2 aliphatic rings. The third kappa shape index (κ3) is 5.66. The number of hydrazone groups is 1. The van der Waals surface area contributed by atoms with Gasteiger partial charge in [0.05, 0.1) is 24.7 Å². The molecule has 0 bridgehead atoms. The van der Waals surface area contributed by atoms with Crippen molar-refractivity contribution in [2.24, 2.45) is 5.10 Å². The van der Waals surface area contributed by atoms with Crippen LogP contribution in [0.1, 0.15) is 56.9 Å². The lowest BCUT2D eigenvalue weighted by Crippen LogP contribution is -2.50. The van der Waals surface area contributed by atoms with Gasteiger partial charge in [0.1, 0.15) is 5.54 Å². The van der Waals surface area contributed by atoms with Crippen molar-refractivity contribution in [3.8, 4) is 6.07 Å². The molecule has 1 fully saturated rings. The molecule has 0 spiro atoms. The molecule has 0 atom stereocenters. The van der Waals surface area contributed by atoms with Gasteiger partial charge < -0.3 is 10.1 Å². The van der Waals surface area contributed by atoms with Gasteiger partial charge in [-0.3, -0.25) is 14.4 Å². The molecule has 1 aliphatic heterocycles. The van der Waals surface area contributed by atoms with Crippen LogP contribution >= 0.6 is 0 Å². The molecule has 0 unspecified atom stereocenters. The summed E-state index contributed by atoms with van der Waals surface area (Å²) in [7, 11) is 0. The molecule has 1 heterocycles. The van der Waals surface area contributed by atoms with E-state index in [4.69, 9.17) is 4.74 Å². The largest absolute Gasteiger partial charge is 0.456 e. The number of hydrogen-bond donors (Lipinski definition) is 1. The van der Waals surface area contributed by atoms with Gasteiger partial charge in [-0.05, 0) is 18.4 Å². The number of amides is 2. The van der Waals surface area contributed by atoms with Crippen LogP contribution in [0.15, 0.2) is 35.4 Å². The molecule has 3 rings (SSSR count). The van der Waals surface area contributed by atoms with Crippen LogP contribution < -0.4 is 5.32 Å². The maximum absolute atomic E-state index is 12.3. The molecule has 8 heteroatoms. The summed E-state index contributed by atoms with van der Waals surface area (Å²) in [5, 5.41) is 17.8. The first-order valence-electron chi connectivity index (χ1n) is 10.3.